The van der Waals surface area contributed by atoms with E-state index in [4.69, 9.17) is 16.7 Å². The molecule has 0 aromatic heterocycles. The van der Waals surface area contributed by atoms with Crippen LogP contribution >= 0.6 is 11.6 Å². The molecule has 78 valence electrons. The summed E-state index contributed by atoms with van der Waals surface area (Å²) in [4.78, 5) is 21.6. The summed E-state index contributed by atoms with van der Waals surface area (Å²) in [7, 11) is 0. The molecule has 1 aromatic carbocycles. The lowest BCUT2D eigenvalue weighted by Gasteiger charge is -2.07. The maximum atomic E-state index is 10.9. The van der Waals surface area contributed by atoms with Gasteiger partial charge in [-0.1, -0.05) is 11.6 Å². The van der Waals surface area contributed by atoms with E-state index in [0.29, 0.717) is 29.7 Å². The van der Waals surface area contributed by atoms with Crippen molar-refractivity contribution < 1.29 is 14.7 Å². The lowest BCUT2D eigenvalue weighted by molar-refractivity contribution is -0.138. The maximum Gasteiger partial charge on any atom is 0.310 e. The zero-order valence-corrected chi connectivity index (χ0v) is 8.62. The third-order valence-electron chi connectivity index (χ3n) is 2.76. The zero-order chi connectivity index (χ0) is 11.0. The number of carboxylic acid groups (broad SMARTS) is 1. The number of carbonyl (C=O) groups is 2. The predicted octanol–water partition coefficient (Wildman–Crippen LogP) is 2.27. The third kappa shape index (κ3) is 1.63. The van der Waals surface area contributed by atoms with Gasteiger partial charge in [-0.15, -0.1) is 0 Å². The molecule has 0 saturated carbocycles. The molecule has 0 heterocycles. The van der Waals surface area contributed by atoms with Crippen molar-refractivity contribution in [1.82, 2.24) is 0 Å². The molecule has 1 aromatic rings. The summed E-state index contributed by atoms with van der Waals surface area (Å²) >= 11 is 5.85. The van der Waals surface area contributed by atoms with Crippen LogP contribution in [0.4, 0.5) is 0 Å². The fourth-order valence-corrected chi connectivity index (χ4v) is 2.21. The highest BCUT2D eigenvalue weighted by molar-refractivity contribution is 6.33. The Morgan fingerprint density at radius 1 is 1.53 bits per heavy atom. The van der Waals surface area contributed by atoms with Gasteiger partial charge in [0.05, 0.1) is 10.9 Å². The van der Waals surface area contributed by atoms with Gasteiger partial charge in [-0.2, -0.15) is 0 Å². The fraction of sp³-hybridized carbons (Fsp3) is 0.273. The SMILES string of the molecule is O=Cc1cc2c(cc1Cl)C(C(=O)O)CC2. The largest absolute Gasteiger partial charge is 0.481 e. The smallest absolute Gasteiger partial charge is 0.310 e. The number of aryl methyl sites for hydroxylation is 1. The van der Waals surface area contributed by atoms with Gasteiger partial charge in [0.15, 0.2) is 6.29 Å². The zero-order valence-electron chi connectivity index (χ0n) is 7.87. The Kier molecular flexibility index (Phi) is 2.49. The van der Waals surface area contributed by atoms with E-state index in [9.17, 15) is 9.59 Å². The first-order valence-electron chi connectivity index (χ1n) is 4.63. The summed E-state index contributed by atoms with van der Waals surface area (Å²) < 4.78 is 0. The summed E-state index contributed by atoms with van der Waals surface area (Å²) in [6, 6.07) is 3.29. The molecule has 1 aliphatic rings. The van der Waals surface area contributed by atoms with Gasteiger partial charge >= 0.3 is 5.97 Å². The van der Waals surface area contributed by atoms with Crippen LogP contribution in [0.1, 0.15) is 33.8 Å². The van der Waals surface area contributed by atoms with Gasteiger partial charge in [-0.3, -0.25) is 9.59 Å². The quantitative estimate of drug-likeness (QED) is 0.784. The van der Waals surface area contributed by atoms with E-state index in [2.05, 4.69) is 0 Å². The Morgan fingerprint density at radius 3 is 2.87 bits per heavy atom. The number of hydrogen-bond acceptors (Lipinski definition) is 2. The lowest BCUT2D eigenvalue weighted by atomic mass is 10.0. The number of carboxylic acids is 1. The highest BCUT2D eigenvalue weighted by atomic mass is 35.5. The number of hydrogen-bond donors (Lipinski definition) is 1. The number of aliphatic carboxylic acids is 1. The van der Waals surface area contributed by atoms with Crippen LogP contribution in [0.15, 0.2) is 12.1 Å². The summed E-state index contributed by atoms with van der Waals surface area (Å²) in [5.41, 5.74) is 2.11. The molecule has 0 fully saturated rings. The second-order valence-corrected chi connectivity index (χ2v) is 4.03. The molecule has 0 aliphatic heterocycles. The molecular formula is C11H9ClO3. The molecule has 1 N–H and O–H groups in total. The molecule has 1 aliphatic carbocycles. The summed E-state index contributed by atoms with van der Waals surface area (Å²) in [5.74, 6) is -1.30. The van der Waals surface area contributed by atoms with Gasteiger partial charge in [-0.05, 0) is 36.1 Å². The molecule has 2 rings (SSSR count). The van der Waals surface area contributed by atoms with Gasteiger partial charge in [0, 0.05) is 5.56 Å². The molecule has 0 bridgehead atoms. The number of benzene rings is 1. The number of halogens is 1. The number of rotatable bonds is 2. The van der Waals surface area contributed by atoms with E-state index in [1.54, 1.807) is 12.1 Å². The summed E-state index contributed by atoms with van der Waals surface area (Å²) in [5, 5.41) is 9.30. The highest BCUT2D eigenvalue weighted by Crippen LogP contribution is 2.36. The second kappa shape index (κ2) is 3.66. The van der Waals surface area contributed by atoms with Crippen LogP contribution in [-0.2, 0) is 11.2 Å². The van der Waals surface area contributed by atoms with Crippen LogP contribution in [0.25, 0.3) is 0 Å². The standard InChI is InChI=1S/C11H9ClO3/c12-10-4-9-6(3-7(10)5-13)1-2-8(9)11(14)15/h3-5,8H,1-2H2,(H,14,15). The van der Waals surface area contributed by atoms with Crippen molar-refractivity contribution in [2.45, 2.75) is 18.8 Å². The van der Waals surface area contributed by atoms with Crippen molar-refractivity contribution in [2.24, 2.45) is 0 Å². The molecule has 0 saturated heterocycles. The molecule has 3 nitrogen and oxygen atoms in total. The van der Waals surface area contributed by atoms with Crippen LogP contribution in [0.3, 0.4) is 0 Å². The predicted molar refractivity (Wildman–Crippen MR) is 55.5 cm³/mol. The van der Waals surface area contributed by atoms with Crippen molar-refractivity contribution in [3.63, 3.8) is 0 Å². The molecule has 15 heavy (non-hydrogen) atoms. The van der Waals surface area contributed by atoms with Crippen molar-refractivity contribution in [1.29, 1.82) is 0 Å². The minimum atomic E-state index is -0.830. The van der Waals surface area contributed by atoms with Crippen molar-refractivity contribution in [3.05, 3.63) is 33.8 Å². The van der Waals surface area contributed by atoms with E-state index >= 15 is 0 Å². The molecule has 0 spiro atoms. The van der Waals surface area contributed by atoms with Gasteiger partial charge in [0.1, 0.15) is 0 Å². The first-order valence-corrected chi connectivity index (χ1v) is 5.01. The second-order valence-electron chi connectivity index (χ2n) is 3.62. The van der Waals surface area contributed by atoms with Crippen LogP contribution < -0.4 is 0 Å². The molecule has 4 heteroatoms. The van der Waals surface area contributed by atoms with E-state index in [-0.39, 0.29) is 0 Å². The van der Waals surface area contributed by atoms with Gasteiger partial charge in [-0.25, -0.2) is 0 Å². The Bertz CT molecular complexity index is 440. The topological polar surface area (TPSA) is 54.4 Å². The molecule has 0 amide bonds. The Labute approximate surface area is 91.7 Å². The number of aldehydes is 1. The maximum absolute atomic E-state index is 10.9. The number of fused-ring (bicyclic) bond motifs is 1. The van der Waals surface area contributed by atoms with E-state index in [1.165, 1.54) is 0 Å². The lowest BCUT2D eigenvalue weighted by Crippen LogP contribution is -2.07. The van der Waals surface area contributed by atoms with Gasteiger partial charge < -0.3 is 5.11 Å². The minimum Gasteiger partial charge on any atom is -0.481 e. The molecule has 0 radical (unpaired) electrons. The first kappa shape index (κ1) is 10.2. The third-order valence-corrected chi connectivity index (χ3v) is 3.09. The molecular weight excluding hydrogens is 216 g/mol. The van der Waals surface area contributed by atoms with Crippen molar-refractivity contribution in [3.8, 4) is 0 Å². The molecule has 1 atom stereocenters. The van der Waals surface area contributed by atoms with E-state index in [1.807, 2.05) is 0 Å². The van der Waals surface area contributed by atoms with E-state index in [0.717, 1.165) is 11.1 Å². The van der Waals surface area contributed by atoms with Crippen LogP contribution in [0.2, 0.25) is 5.02 Å². The monoisotopic (exact) mass is 224 g/mol. The van der Waals surface area contributed by atoms with E-state index < -0.39 is 11.9 Å². The average molecular weight is 225 g/mol. The van der Waals surface area contributed by atoms with Crippen LogP contribution in [-0.4, -0.2) is 17.4 Å². The van der Waals surface area contributed by atoms with Gasteiger partial charge in [0.2, 0.25) is 0 Å². The Hall–Kier alpha value is -1.35. The fourth-order valence-electron chi connectivity index (χ4n) is 2.00. The molecule has 1 unspecified atom stereocenters. The summed E-state index contributed by atoms with van der Waals surface area (Å²) in [6.45, 7) is 0. The summed E-state index contributed by atoms with van der Waals surface area (Å²) in [6.07, 6.45) is 1.98. The highest BCUT2D eigenvalue weighted by Gasteiger charge is 2.29. The van der Waals surface area contributed by atoms with Crippen molar-refractivity contribution >= 4 is 23.9 Å². The van der Waals surface area contributed by atoms with Crippen LogP contribution in [0.5, 0.6) is 0 Å². The Balaban J connectivity index is 2.51. The average Bonchev–Trinajstić information content (AvgIpc) is 2.59. The van der Waals surface area contributed by atoms with Crippen molar-refractivity contribution in [2.75, 3.05) is 0 Å². The number of carbonyl (C=O) groups excluding carboxylic acids is 1. The van der Waals surface area contributed by atoms with Crippen LogP contribution in [0, 0.1) is 0 Å². The van der Waals surface area contributed by atoms with Gasteiger partial charge in [0.25, 0.3) is 0 Å². The minimum absolute atomic E-state index is 0.330. The Morgan fingerprint density at radius 2 is 2.27 bits per heavy atom. The first-order chi connectivity index (χ1) is 7.13. The normalized spacial score (nSPS) is 18.6.